The van der Waals surface area contributed by atoms with E-state index < -0.39 is 0 Å². The monoisotopic (exact) mass is 261 g/mol. The molecule has 1 aromatic rings. The first-order valence-corrected chi connectivity index (χ1v) is 6.84. The van der Waals surface area contributed by atoms with Crippen molar-refractivity contribution in [2.45, 2.75) is 31.7 Å². The van der Waals surface area contributed by atoms with E-state index in [0.717, 1.165) is 0 Å². The van der Waals surface area contributed by atoms with Crippen LogP contribution in [0.15, 0.2) is 18.3 Å². The van der Waals surface area contributed by atoms with Crippen LogP contribution < -0.4 is 15.4 Å². The molecule has 0 aromatic carbocycles. The molecule has 0 atom stereocenters. The topological polar surface area (TPSA) is 63.2 Å². The molecule has 19 heavy (non-hydrogen) atoms. The van der Waals surface area contributed by atoms with Gasteiger partial charge in [0.1, 0.15) is 0 Å². The Morgan fingerprint density at radius 1 is 1.32 bits per heavy atom. The molecule has 2 saturated carbocycles. The zero-order valence-electron chi connectivity index (χ0n) is 11.1. The maximum absolute atomic E-state index is 12.0. The molecule has 1 aromatic heterocycles. The standard InChI is InChI=1S/C14H19N3O2/c1-19-12-7-6-11(8-15-12)16-14(18)17-13(9-2-3-9)10-4-5-10/h6-10,13H,2-5H2,1H3,(H2,16,17,18). The number of hydrogen-bond donors (Lipinski definition) is 2. The van der Waals surface area contributed by atoms with Crippen LogP contribution in [0.2, 0.25) is 0 Å². The Labute approximate surface area is 112 Å². The lowest BCUT2D eigenvalue weighted by Gasteiger charge is -2.18. The van der Waals surface area contributed by atoms with E-state index in [1.807, 2.05) is 0 Å². The molecule has 2 N–H and O–H groups in total. The van der Waals surface area contributed by atoms with Gasteiger partial charge in [-0.05, 0) is 43.6 Å². The highest BCUT2D eigenvalue weighted by Crippen LogP contribution is 2.44. The summed E-state index contributed by atoms with van der Waals surface area (Å²) < 4.78 is 4.98. The van der Waals surface area contributed by atoms with Crippen LogP contribution in [0.5, 0.6) is 5.88 Å². The molecule has 2 aliphatic rings. The predicted molar refractivity (Wildman–Crippen MR) is 72.2 cm³/mol. The Kier molecular flexibility index (Phi) is 3.27. The highest BCUT2D eigenvalue weighted by atomic mass is 16.5. The van der Waals surface area contributed by atoms with Gasteiger partial charge in [0.2, 0.25) is 5.88 Å². The van der Waals surface area contributed by atoms with Crippen LogP contribution in [0, 0.1) is 11.8 Å². The second-order valence-electron chi connectivity index (χ2n) is 5.39. The van der Waals surface area contributed by atoms with Crippen LogP contribution in [0.25, 0.3) is 0 Å². The quantitative estimate of drug-likeness (QED) is 0.855. The van der Waals surface area contributed by atoms with Crippen LogP contribution in [-0.4, -0.2) is 24.2 Å². The van der Waals surface area contributed by atoms with Crippen molar-refractivity contribution in [3.05, 3.63) is 18.3 Å². The molecular weight excluding hydrogens is 242 g/mol. The maximum Gasteiger partial charge on any atom is 0.319 e. The molecular formula is C14H19N3O2. The van der Waals surface area contributed by atoms with E-state index in [2.05, 4.69) is 15.6 Å². The van der Waals surface area contributed by atoms with Crippen molar-refractivity contribution in [3.8, 4) is 5.88 Å². The van der Waals surface area contributed by atoms with E-state index in [0.29, 0.717) is 29.4 Å². The molecule has 0 radical (unpaired) electrons. The van der Waals surface area contributed by atoms with Crippen LogP contribution in [0.4, 0.5) is 10.5 Å². The molecule has 102 valence electrons. The number of nitrogens with zero attached hydrogens (tertiary/aromatic N) is 1. The smallest absolute Gasteiger partial charge is 0.319 e. The average molecular weight is 261 g/mol. The lowest BCUT2D eigenvalue weighted by atomic mass is 10.1. The van der Waals surface area contributed by atoms with Gasteiger partial charge in [-0.2, -0.15) is 0 Å². The first kappa shape index (κ1) is 12.3. The Hall–Kier alpha value is -1.78. The number of methoxy groups -OCH3 is 1. The lowest BCUT2D eigenvalue weighted by Crippen LogP contribution is -2.40. The van der Waals surface area contributed by atoms with Crippen molar-refractivity contribution >= 4 is 11.7 Å². The molecule has 0 aliphatic heterocycles. The van der Waals surface area contributed by atoms with Gasteiger partial charge >= 0.3 is 6.03 Å². The number of urea groups is 1. The highest BCUT2D eigenvalue weighted by Gasteiger charge is 2.42. The van der Waals surface area contributed by atoms with Gasteiger partial charge in [-0.25, -0.2) is 9.78 Å². The third-order valence-corrected chi connectivity index (χ3v) is 3.76. The van der Waals surface area contributed by atoms with Crippen LogP contribution in [0.1, 0.15) is 25.7 Å². The van der Waals surface area contributed by atoms with Gasteiger partial charge in [0.15, 0.2) is 0 Å². The number of carbonyl (C=O) groups excluding carboxylic acids is 1. The Balaban J connectivity index is 1.54. The summed E-state index contributed by atoms with van der Waals surface area (Å²) in [4.78, 5) is 16.0. The zero-order valence-corrected chi connectivity index (χ0v) is 11.1. The van der Waals surface area contributed by atoms with Crippen molar-refractivity contribution in [2.75, 3.05) is 12.4 Å². The fourth-order valence-corrected chi connectivity index (χ4v) is 2.42. The fourth-order valence-electron chi connectivity index (χ4n) is 2.42. The molecule has 2 fully saturated rings. The first-order valence-electron chi connectivity index (χ1n) is 6.84. The van der Waals surface area contributed by atoms with Gasteiger partial charge in [0.25, 0.3) is 0 Å². The summed E-state index contributed by atoms with van der Waals surface area (Å²) in [5.41, 5.74) is 0.684. The number of pyridine rings is 1. The summed E-state index contributed by atoms with van der Waals surface area (Å²) in [5.74, 6) is 1.94. The fraction of sp³-hybridized carbons (Fsp3) is 0.571. The number of amides is 2. The lowest BCUT2D eigenvalue weighted by molar-refractivity contribution is 0.245. The van der Waals surface area contributed by atoms with Crippen molar-refractivity contribution in [1.82, 2.24) is 10.3 Å². The number of hydrogen-bond acceptors (Lipinski definition) is 3. The number of nitrogens with one attached hydrogen (secondary N) is 2. The molecule has 2 amide bonds. The van der Waals surface area contributed by atoms with Gasteiger partial charge in [-0.1, -0.05) is 0 Å². The Bertz CT molecular complexity index is 440. The maximum atomic E-state index is 12.0. The molecule has 0 saturated heterocycles. The van der Waals surface area contributed by atoms with E-state index in [-0.39, 0.29) is 6.03 Å². The summed E-state index contributed by atoms with van der Waals surface area (Å²) in [5, 5.41) is 5.93. The van der Waals surface area contributed by atoms with E-state index in [4.69, 9.17) is 4.74 Å². The van der Waals surface area contributed by atoms with E-state index in [1.165, 1.54) is 25.7 Å². The SMILES string of the molecule is COc1ccc(NC(=O)NC(C2CC2)C2CC2)cn1. The van der Waals surface area contributed by atoms with Crippen LogP contribution >= 0.6 is 0 Å². The second-order valence-corrected chi connectivity index (χ2v) is 5.39. The predicted octanol–water partition coefficient (Wildman–Crippen LogP) is 2.40. The van der Waals surface area contributed by atoms with Gasteiger partial charge in [-0.15, -0.1) is 0 Å². The molecule has 0 unspecified atom stereocenters. The summed E-state index contributed by atoms with van der Waals surface area (Å²) >= 11 is 0. The normalized spacial score (nSPS) is 18.2. The minimum absolute atomic E-state index is 0.129. The van der Waals surface area contributed by atoms with Gasteiger partial charge in [0.05, 0.1) is 19.0 Å². The third-order valence-electron chi connectivity index (χ3n) is 3.76. The number of anilines is 1. The van der Waals surface area contributed by atoms with Crippen LogP contribution in [-0.2, 0) is 0 Å². The molecule has 3 rings (SSSR count). The molecule has 5 nitrogen and oxygen atoms in total. The van der Waals surface area contributed by atoms with Gasteiger partial charge < -0.3 is 15.4 Å². The third kappa shape index (κ3) is 3.16. The summed E-state index contributed by atoms with van der Waals surface area (Å²) in [7, 11) is 1.57. The summed E-state index contributed by atoms with van der Waals surface area (Å²) in [6.45, 7) is 0. The van der Waals surface area contributed by atoms with Crippen molar-refractivity contribution in [1.29, 1.82) is 0 Å². The number of carbonyl (C=O) groups is 1. The first-order chi connectivity index (χ1) is 9.26. The Morgan fingerprint density at radius 2 is 2.00 bits per heavy atom. The molecule has 0 spiro atoms. The number of aromatic nitrogens is 1. The molecule has 5 heteroatoms. The molecule has 1 heterocycles. The van der Waals surface area contributed by atoms with Crippen LogP contribution in [0.3, 0.4) is 0 Å². The van der Waals surface area contributed by atoms with Gasteiger partial charge in [0, 0.05) is 12.1 Å². The van der Waals surface area contributed by atoms with Crippen molar-refractivity contribution in [2.24, 2.45) is 11.8 Å². The summed E-state index contributed by atoms with van der Waals surface area (Å²) in [6, 6.07) is 3.76. The second kappa shape index (κ2) is 5.07. The van der Waals surface area contributed by atoms with Crippen molar-refractivity contribution < 1.29 is 9.53 Å². The minimum atomic E-state index is -0.129. The van der Waals surface area contributed by atoms with Crippen molar-refractivity contribution in [3.63, 3.8) is 0 Å². The van der Waals surface area contributed by atoms with E-state index in [1.54, 1.807) is 25.4 Å². The van der Waals surface area contributed by atoms with Gasteiger partial charge in [-0.3, -0.25) is 0 Å². The summed E-state index contributed by atoms with van der Waals surface area (Å²) in [6.07, 6.45) is 6.62. The number of ether oxygens (including phenoxy) is 1. The zero-order chi connectivity index (χ0) is 13.2. The highest BCUT2D eigenvalue weighted by molar-refractivity contribution is 5.89. The number of rotatable bonds is 5. The molecule has 0 bridgehead atoms. The largest absolute Gasteiger partial charge is 0.481 e. The minimum Gasteiger partial charge on any atom is -0.481 e. The van der Waals surface area contributed by atoms with E-state index >= 15 is 0 Å². The molecule has 2 aliphatic carbocycles. The Morgan fingerprint density at radius 3 is 2.47 bits per heavy atom. The van der Waals surface area contributed by atoms with E-state index in [9.17, 15) is 4.79 Å². The average Bonchev–Trinajstić information content (AvgIpc) is 3.30.